The lowest BCUT2D eigenvalue weighted by Gasteiger charge is -2.18. The number of aryl methyl sites for hydroxylation is 1. The molecule has 0 saturated carbocycles. The van der Waals surface area contributed by atoms with Crippen LogP contribution in [-0.2, 0) is 11.3 Å². The number of nitrogens with zero attached hydrogens (tertiary/aromatic N) is 2. The highest BCUT2D eigenvalue weighted by Gasteiger charge is 2.10. The molecular formula is C13H25N3O3. The Balaban J connectivity index is 2.09. The number of ether oxygens (including phenoxy) is 1. The van der Waals surface area contributed by atoms with E-state index in [1.54, 1.807) is 6.92 Å². The van der Waals surface area contributed by atoms with Crippen molar-refractivity contribution >= 4 is 0 Å². The lowest BCUT2D eigenvalue weighted by molar-refractivity contribution is -0.00862. The molecule has 0 bridgehead atoms. The molecule has 0 aliphatic heterocycles. The first-order chi connectivity index (χ1) is 8.97. The van der Waals surface area contributed by atoms with E-state index in [-0.39, 0.29) is 6.10 Å². The summed E-state index contributed by atoms with van der Waals surface area (Å²) in [5.41, 5.74) is 0. The van der Waals surface area contributed by atoms with E-state index in [0.29, 0.717) is 37.3 Å². The molecule has 0 aliphatic carbocycles. The van der Waals surface area contributed by atoms with Crippen molar-refractivity contribution in [2.75, 3.05) is 13.2 Å². The Morgan fingerprint density at radius 3 is 2.68 bits per heavy atom. The van der Waals surface area contributed by atoms with Crippen LogP contribution in [0.3, 0.4) is 0 Å². The molecule has 1 aromatic heterocycles. The van der Waals surface area contributed by atoms with Gasteiger partial charge in [-0.3, -0.25) is 0 Å². The zero-order valence-electron chi connectivity index (χ0n) is 12.2. The summed E-state index contributed by atoms with van der Waals surface area (Å²) in [4.78, 5) is 4.06. The van der Waals surface area contributed by atoms with Crippen molar-refractivity contribution in [1.82, 2.24) is 15.5 Å². The fourth-order valence-electron chi connectivity index (χ4n) is 1.83. The van der Waals surface area contributed by atoms with Gasteiger partial charge in [0.1, 0.15) is 0 Å². The Morgan fingerprint density at radius 2 is 2.11 bits per heavy atom. The second-order valence-corrected chi connectivity index (χ2v) is 5.29. The van der Waals surface area contributed by atoms with Crippen LogP contribution in [0.2, 0.25) is 0 Å². The van der Waals surface area contributed by atoms with Gasteiger partial charge < -0.3 is 19.7 Å². The quantitative estimate of drug-likeness (QED) is 0.704. The zero-order valence-corrected chi connectivity index (χ0v) is 12.2. The van der Waals surface area contributed by atoms with Gasteiger partial charge in [0.2, 0.25) is 5.89 Å². The molecular weight excluding hydrogens is 246 g/mol. The first-order valence-electron chi connectivity index (χ1n) is 6.77. The monoisotopic (exact) mass is 271 g/mol. The van der Waals surface area contributed by atoms with Crippen molar-refractivity contribution in [2.45, 2.75) is 52.9 Å². The van der Waals surface area contributed by atoms with E-state index in [0.717, 1.165) is 6.42 Å². The highest BCUT2D eigenvalue weighted by atomic mass is 16.5. The lowest BCUT2D eigenvalue weighted by Crippen LogP contribution is -2.31. The van der Waals surface area contributed by atoms with Crippen LogP contribution >= 0.6 is 0 Å². The van der Waals surface area contributed by atoms with Crippen molar-refractivity contribution in [3.05, 3.63) is 11.7 Å². The maximum atomic E-state index is 9.76. The van der Waals surface area contributed by atoms with Crippen molar-refractivity contribution in [3.63, 3.8) is 0 Å². The van der Waals surface area contributed by atoms with Crippen molar-refractivity contribution < 1.29 is 14.4 Å². The van der Waals surface area contributed by atoms with Crippen LogP contribution in [0.15, 0.2) is 4.52 Å². The van der Waals surface area contributed by atoms with Crippen LogP contribution in [-0.4, -0.2) is 40.6 Å². The molecule has 0 spiro atoms. The Bertz CT molecular complexity index is 355. The van der Waals surface area contributed by atoms with Crippen molar-refractivity contribution in [3.8, 4) is 0 Å². The summed E-state index contributed by atoms with van der Waals surface area (Å²) in [6.07, 6.45) is 0.652. The molecule has 6 nitrogen and oxygen atoms in total. The number of hydrogen-bond donors (Lipinski definition) is 2. The number of aliphatic hydroxyl groups excluding tert-OH is 1. The molecule has 1 aromatic rings. The molecule has 1 rings (SSSR count). The Hall–Kier alpha value is -0.980. The van der Waals surface area contributed by atoms with Gasteiger partial charge in [0, 0.05) is 13.5 Å². The number of hydrogen-bond acceptors (Lipinski definition) is 6. The molecule has 2 atom stereocenters. The number of nitrogens with one attached hydrogen (secondary N) is 1. The van der Waals surface area contributed by atoms with Gasteiger partial charge in [-0.05, 0) is 19.3 Å². The highest BCUT2D eigenvalue weighted by molar-refractivity contribution is 4.83. The molecule has 2 unspecified atom stereocenters. The van der Waals surface area contributed by atoms with Gasteiger partial charge in [-0.15, -0.1) is 0 Å². The standard InChI is InChI=1S/C13H25N3O3/c1-9(2)5-10(3)18-8-12(17)6-14-7-13-15-11(4)19-16-13/h9-10,12,14,17H,5-8H2,1-4H3. The van der Waals surface area contributed by atoms with Gasteiger partial charge >= 0.3 is 0 Å². The van der Waals surface area contributed by atoms with Gasteiger partial charge in [-0.25, -0.2) is 0 Å². The number of aliphatic hydroxyl groups is 1. The van der Waals surface area contributed by atoms with Gasteiger partial charge in [0.25, 0.3) is 0 Å². The molecule has 0 fully saturated rings. The van der Waals surface area contributed by atoms with E-state index >= 15 is 0 Å². The molecule has 0 radical (unpaired) electrons. The van der Waals surface area contributed by atoms with Crippen LogP contribution < -0.4 is 5.32 Å². The van der Waals surface area contributed by atoms with Crippen LogP contribution in [0.5, 0.6) is 0 Å². The topological polar surface area (TPSA) is 80.4 Å². The summed E-state index contributed by atoms with van der Waals surface area (Å²) >= 11 is 0. The summed E-state index contributed by atoms with van der Waals surface area (Å²) in [5.74, 6) is 1.74. The van der Waals surface area contributed by atoms with E-state index in [2.05, 4.69) is 29.3 Å². The highest BCUT2D eigenvalue weighted by Crippen LogP contribution is 2.07. The van der Waals surface area contributed by atoms with Gasteiger partial charge in [-0.2, -0.15) is 4.98 Å². The predicted octanol–water partition coefficient (Wildman–Crippen LogP) is 1.28. The van der Waals surface area contributed by atoms with E-state index in [4.69, 9.17) is 9.26 Å². The molecule has 6 heteroatoms. The largest absolute Gasteiger partial charge is 0.389 e. The minimum atomic E-state index is -0.525. The Labute approximate surface area is 114 Å². The fourth-order valence-corrected chi connectivity index (χ4v) is 1.83. The smallest absolute Gasteiger partial charge is 0.223 e. The maximum absolute atomic E-state index is 9.76. The second kappa shape index (κ2) is 8.24. The first kappa shape index (κ1) is 16.1. The number of rotatable bonds is 9. The Morgan fingerprint density at radius 1 is 1.37 bits per heavy atom. The molecule has 2 N–H and O–H groups in total. The minimum absolute atomic E-state index is 0.175. The van der Waals surface area contributed by atoms with Gasteiger partial charge in [0.15, 0.2) is 5.82 Å². The van der Waals surface area contributed by atoms with Gasteiger partial charge in [-0.1, -0.05) is 19.0 Å². The lowest BCUT2D eigenvalue weighted by atomic mass is 10.1. The summed E-state index contributed by atoms with van der Waals surface area (Å²) < 4.78 is 10.4. The molecule has 19 heavy (non-hydrogen) atoms. The van der Waals surface area contributed by atoms with E-state index in [9.17, 15) is 5.11 Å². The van der Waals surface area contributed by atoms with E-state index in [1.165, 1.54) is 0 Å². The van der Waals surface area contributed by atoms with Crippen LogP contribution in [0, 0.1) is 12.8 Å². The van der Waals surface area contributed by atoms with E-state index < -0.39 is 6.10 Å². The molecule has 0 amide bonds. The summed E-state index contributed by atoms with van der Waals surface area (Å²) in [5, 5.41) is 16.6. The van der Waals surface area contributed by atoms with Crippen LogP contribution in [0.1, 0.15) is 38.9 Å². The normalized spacial score (nSPS) is 14.8. The summed E-state index contributed by atoms with van der Waals surface area (Å²) in [6, 6.07) is 0. The third kappa shape index (κ3) is 7.25. The fraction of sp³-hybridized carbons (Fsp3) is 0.846. The summed E-state index contributed by atoms with van der Waals surface area (Å²) in [6.45, 7) is 9.36. The third-order valence-electron chi connectivity index (χ3n) is 2.61. The Kier molecular flexibility index (Phi) is 6.97. The van der Waals surface area contributed by atoms with Crippen LogP contribution in [0.25, 0.3) is 0 Å². The number of aromatic nitrogens is 2. The molecule has 0 aliphatic rings. The molecule has 0 aromatic carbocycles. The second-order valence-electron chi connectivity index (χ2n) is 5.29. The summed E-state index contributed by atoms with van der Waals surface area (Å²) in [7, 11) is 0. The molecule has 0 saturated heterocycles. The average molecular weight is 271 g/mol. The van der Waals surface area contributed by atoms with Gasteiger partial charge in [0.05, 0.1) is 25.4 Å². The maximum Gasteiger partial charge on any atom is 0.223 e. The van der Waals surface area contributed by atoms with E-state index in [1.807, 2.05) is 6.92 Å². The zero-order chi connectivity index (χ0) is 14.3. The SMILES string of the molecule is Cc1nc(CNCC(O)COC(C)CC(C)C)no1. The molecule has 1 heterocycles. The predicted molar refractivity (Wildman–Crippen MR) is 71.6 cm³/mol. The minimum Gasteiger partial charge on any atom is -0.389 e. The average Bonchev–Trinajstić information content (AvgIpc) is 2.71. The van der Waals surface area contributed by atoms with Crippen molar-refractivity contribution in [2.24, 2.45) is 5.92 Å². The molecule has 110 valence electrons. The first-order valence-corrected chi connectivity index (χ1v) is 6.77. The third-order valence-corrected chi connectivity index (χ3v) is 2.61. The van der Waals surface area contributed by atoms with Crippen LogP contribution in [0.4, 0.5) is 0 Å². The van der Waals surface area contributed by atoms with Crippen molar-refractivity contribution in [1.29, 1.82) is 0 Å².